The number of benzene rings is 2. The normalized spacial score (nSPS) is 12.5. The molecule has 0 aliphatic rings. The lowest BCUT2D eigenvalue weighted by atomic mass is 9.92. The molecular weight excluding hydrogens is 258 g/mol. The standard InChI is InChI=1S/C16H18F2N2/c1-9-6-11(3)14(7-10(9)2)16(20-19)13-5-4-12(17)8-15(13)18/h4-8,16,20H,19H2,1-3H3. The van der Waals surface area contributed by atoms with Gasteiger partial charge in [-0.15, -0.1) is 0 Å². The summed E-state index contributed by atoms with van der Waals surface area (Å²) in [5.74, 6) is 4.39. The number of hydrogen-bond acceptors (Lipinski definition) is 2. The zero-order chi connectivity index (χ0) is 14.9. The van der Waals surface area contributed by atoms with Crippen LogP contribution in [0.4, 0.5) is 8.78 Å². The second-order valence-electron chi connectivity index (χ2n) is 5.06. The van der Waals surface area contributed by atoms with Crippen LogP contribution in [0, 0.1) is 32.4 Å². The molecule has 0 radical (unpaired) electrons. The fraction of sp³-hybridized carbons (Fsp3) is 0.250. The van der Waals surface area contributed by atoms with Gasteiger partial charge in [0.25, 0.3) is 0 Å². The molecule has 2 aromatic carbocycles. The van der Waals surface area contributed by atoms with Gasteiger partial charge in [0.05, 0.1) is 6.04 Å². The summed E-state index contributed by atoms with van der Waals surface area (Å²) in [5, 5.41) is 0. The molecule has 4 heteroatoms. The summed E-state index contributed by atoms with van der Waals surface area (Å²) in [6.45, 7) is 5.97. The lowest BCUT2D eigenvalue weighted by Crippen LogP contribution is -2.30. The van der Waals surface area contributed by atoms with E-state index in [9.17, 15) is 8.78 Å². The van der Waals surface area contributed by atoms with Crippen molar-refractivity contribution in [2.75, 3.05) is 0 Å². The summed E-state index contributed by atoms with van der Waals surface area (Å²) in [6, 6.07) is 7.04. The zero-order valence-corrected chi connectivity index (χ0v) is 11.8. The highest BCUT2D eigenvalue weighted by molar-refractivity contribution is 5.42. The first kappa shape index (κ1) is 14.6. The van der Waals surface area contributed by atoms with Crippen LogP contribution in [0.25, 0.3) is 0 Å². The lowest BCUT2D eigenvalue weighted by Gasteiger charge is -2.21. The van der Waals surface area contributed by atoms with Crippen molar-refractivity contribution < 1.29 is 8.78 Å². The number of hydrogen-bond donors (Lipinski definition) is 2. The smallest absolute Gasteiger partial charge is 0.131 e. The van der Waals surface area contributed by atoms with E-state index < -0.39 is 17.7 Å². The van der Waals surface area contributed by atoms with Crippen LogP contribution in [0.2, 0.25) is 0 Å². The van der Waals surface area contributed by atoms with E-state index in [1.54, 1.807) is 0 Å². The number of nitrogens with one attached hydrogen (secondary N) is 1. The van der Waals surface area contributed by atoms with Crippen LogP contribution < -0.4 is 11.3 Å². The highest BCUT2D eigenvalue weighted by atomic mass is 19.1. The summed E-state index contributed by atoms with van der Waals surface area (Å²) in [7, 11) is 0. The molecule has 3 N–H and O–H groups in total. The van der Waals surface area contributed by atoms with Gasteiger partial charge in [-0.25, -0.2) is 14.2 Å². The van der Waals surface area contributed by atoms with Crippen LogP contribution in [0.1, 0.15) is 33.9 Å². The van der Waals surface area contributed by atoms with Crippen molar-refractivity contribution in [2.24, 2.45) is 5.84 Å². The van der Waals surface area contributed by atoms with Crippen molar-refractivity contribution in [2.45, 2.75) is 26.8 Å². The molecule has 106 valence electrons. The van der Waals surface area contributed by atoms with Crippen molar-refractivity contribution in [3.8, 4) is 0 Å². The minimum absolute atomic E-state index is 0.334. The first-order chi connectivity index (χ1) is 9.43. The molecule has 20 heavy (non-hydrogen) atoms. The van der Waals surface area contributed by atoms with Gasteiger partial charge < -0.3 is 0 Å². The third-order valence-corrected chi connectivity index (χ3v) is 3.63. The van der Waals surface area contributed by atoms with Crippen molar-refractivity contribution in [1.29, 1.82) is 0 Å². The van der Waals surface area contributed by atoms with E-state index in [4.69, 9.17) is 5.84 Å². The molecule has 0 amide bonds. The van der Waals surface area contributed by atoms with Gasteiger partial charge in [0.2, 0.25) is 0 Å². The Balaban J connectivity index is 2.55. The minimum atomic E-state index is -0.606. The Hall–Kier alpha value is -1.78. The molecular formula is C16H18F2N2. The largest absolute Gasteiger partial charge is 0.271 e. The summed E-state index contributed by atoms with van der Waals surface area (Å²) in [4.78, 5) is 0. The third-order valence-electron chi connectivity index (χ3n) is 3.63. The lowest BCUT2D eigenvalue weighted by molar-refractivity contribution is 0.540. The van der Waals surface area contributed by atoms with Gasteiger partial charge in [-0.1, -0.05) is 18.2 Å². The SMILES string of the molecule is Cc1cc(C)c(C(NN)c2ccc(F)cc2F)cc1C. The van der Waals surface area contributed by atoms with E-state index >= 15 is 0 Å². The van der Waals surface area contributed by atoms with E-state index in [1.165, 1.54) is 17.7 Å². The second-order valence-corrected chi connectivity index (χ2v) is 5.06. The van der Waals surface area contributed by atoms with Crippen LogP contribution >= 0.6 is 0 Å². The van der Waals surface area contributed by atoms with E-state index in [1.807, 2.05) is 32.9 Å². The van der Waals surface area contributed by atoms with Gasteiger partial charge in [0.1, 0.15) is 11.6 Å². The maximum Gasteiger partial charge on any atom is 0.131 e. The molecule has 0 aliphatic heterocycles. The third kappa shape index (κ3) is 2.71. The molecule has 0 fully saturated rings. The molecule has 0 saturated carbocycles. The van der Waals surface area contributed by atoms with Gasteiger partial charge in [-0.3, -0.25) is 5.84 Å². The Morgan fingerprint density at radius 3 is 2.15 bits per heavy atom. The number of aryl methyl sites for hydroxylation is 3. The maximum absolute atomic E-state index is 13.9. The summed E-state index contributed by atoms with van der Waals surface area (Å²) >= 11 is 0. The molecule has 0 aromatic heterocycles. The topological polar surface area (TPSA) is 38.0 Å². The van der Waals surface area contributed by atoms with E-state index in [-0.39, 0.29) is 0 Å². The number of nitrogens with two attached hydrogens (primary N) is 1. The first-order valence-corrected chi connectivity index (χ1v) is 6.43. The van der Waals surface area contributed by atoms with Gasteiger partial charge in [0.15, 0.2) is 0 Å². The predicted molar refractivity (Wildman–Crippen MR) is 76.2 cm³/mol. The van der Waals surface area contributed by atoms with E-state index in [2.05, 4.69) is 5.43 Å². The maximum atomic E-state index is 13.9. The molecule has 2 aromatic rings. The summed E-state index contributed by atoms with van der Waals surface area (Å²) in [6.07, 6.45) is 0. The van der Waals surface area contributed by atoms with Crippen LogP contribution in [0.3, 0.4) is 0 Å². The van der Waals surface area contributed by atoms with Crippen molar-refractivity contribution >= 4 is 0 Å². The van der Waals surface area contributed by atoms with Crippen molar-refractivity contribution in [3.05, 3.63) is 69.8 Å². The van der Waals surface area contributed by atoms with Crippen LogP contribution in [-0.2, 0) is 0 Å². The molecule has 0 heterocycles. The molecule has 0 aliphatic carbocycles. The molecule has 2 nitrogen and oxygen atoms in total. The fourth-order valence-electron chi connectivity index (χ4n) is 2.38. The average Bonchev–Trinajstić information content (AvgIpc) is 2.38. The Labute approximate surface area is 117 Å². The van der Waals surface area contributed by atoms with Crippen molar-refractivity contribution in [3.63, 3.8) is 0 Å². The fourth-order valence-corrected chi connectivity index (χ4v) is 2.38. The van der Waals surface area contributed by atoms with Gasteiger partial charge in [0, 0.05) is 11.6 Å². The van der Waals surface area contributed by atoms with Crippen LogP contribution in [-0.4, -0.2) is 0 Å². The van der Waals surface area contributed by atoms with Crippen molar-refractivity contribution in [1.82, 2.24) is 5.43 Å². The average molecular weight is 276 g/mol. The van der Waals surface area contributed by atoms with Crippen LogP contribution in [0.5, 0.6) is 0 Å². The summed E-state index contributed by atoms with van der Waals surface area (Å²) in [5.41, 5.74) is 7.13. The van der Waals surface area contributed by atoms with E-state index in [0.717, 1.165) is 22.8 Å². The number of halogens is 2. The second kappa shape index (κ2) is 5.69. The quantitative estimate of drug-likeness (QED) is 0.665. The monoisotopic (exact) mass is 276 g/mol. The highest BCUT2D eigenvalue weighted by Crippen LogP contribution is 2.28. The van der Waals surface area contributed by atoms with Crippen LogP contribution in [0.15, 0.2) is 30.3 Å². The Morgan fingerprint density at radius 1 is 0.900 bits per heavy atom. The first-order valence-electron chi connectivity index (χ1n) is 6.43. The number of hydrazine groups is 1. The molecule has 0 bridgehead atoms. The molecule has 1 unspecified atom stereocenters. The summed E-state index contributed by atoms with van der Waals surface area (Å²) < 4.78 is 27.0. The molecule has 2 rings (SSSR count). The Morgan fingerprint density at radius 2 is 1.55 bits per heavy atom. The van der Waals surface area contributed by atoms with Gasteiger partial charge >= 0.3 is 0 Å². The molecule has 0 saturated heterocycles. The predicted octanol–water partition coefficient (Wildman–Crippen LogP) is 3.44. The Kier molecular flexibility index (Phi) is 4.16. The van der Waals surface area contributed by atoms with Gasteiger partial charge in [-0.05, 0) is 49.1 Å². The Bertz CT molecular complexity index is 639. The highest BCUT2D eigenvalue weighted by Gasteiger charge is 2.19. The zero-order valence-electron chi connectivity index (χ0n) is 11.8. The van der Waals surface area contributed by atoms with E-state index in [0.29, 0.717) is 5.56 Å². The number of rotatable bonds is 3. The van der Waals surface area contributed by atoms with Gasteiger partial charge in [-0.2, -0.15) is 0 Å². The minimum Gasteiger partial charge on any atom is -0.271 e. The molecule has 1 atom stereocenters. The molecule has 0 spiro atoms.